The van der Waals surface area contributed by atoms with Gasteiger partial charge in [-0.25, -0.2) is 0 Å². The molecule has 4 heteroatoms. The maximum Gasteiger partial charge on any atom is 0.143 e. The molecule has 0 aliphatic rings. The third kappa shape index (κ3) is 5.72. The van der Waals surface area contributed by atoms with Gasteiger partial charge in [-0.15, -0.1) is 0 Å². The molecule has 2 N–H and O–H groups in total. The first-order valence-corrected chi connectivity index (χ1v) is 7.97. The Labute approximate surface area is 126 Å². The van der Waals surface area contributed by atoms with E-state index in [1.165, 1.54) is 19.3 Å². The summed E-state index contributed by atoms with van der Waals surface area (Å²) in [6.45, 7) is 6.40. The van der Waals surface area contributed by atoms with Gasteiger partial charge in [0, 0.05) is 6.54 Å². The predicted molar refractivity (Wildman–Crippen MR) is 83.9 cm³/mol. The largest absolute Gasteiger partial charge is 0.506 e. The third-order valence-corrected chi connectivity index (χ3v) is 4.00. The molecule has 0 heterocycles. The summed E-state index contributed by atoms with van der Waals surface area (Å²) in [4.78, 5) is 0. The molecule has 1 aromatic rings. The van der Waals surface area contributed by atoms with Crippen LogP contribution in [0, 0.1) is 5.92 Å². The van der Waals surface area contributed by atoms with Crippen LogP contribution in [0.3, 0.4) is 0 Å². The third-order valence-electron chi connectivity index (χ3n) is 2.79. The van der Waals surface area contributed by atoms with Crippen LogP contribution < -0.4 is 5.32 Å². The Balaban J connectivity index is 2.27. The molecule has 0 unspecified atom stereocenters. The van der Waals surface area contributed by atoms with Crippen molar-refractivity contribution in [1.29, 1.82) is 0 Å². The average molecular weight is 379 g/mol. The number of aromatic hydroxyl groups is 1. The molecule has 0 amide bonds. The van der Waals surface area contributed by atoms with Gasteiger partial charge in [-0.05, 0) is 68.4 Å². The molecule has 0 saturated carbocycles. The number of unbranched alkanes of at least 4 members (excludes halogenated alkanes) is 1. The van der Waals surface area contributed by atoms with Crippen molar-refractivity contribution < 1.29 is 5.11 Å². The first-order chi connectivity index (χ1) is 8.50. The van der Waals surface area contributed by atoms with Gasteiger partial charge in [-0.3, -0.25) is 0 Å². The van der Waals surface area contributed by atoms with Crippen molar-refractivity contribution in [3.8, 4) is 5.75 Å². The molecular formula is C14H21Br2NO. The summed E-state index contributed by atoms with van der Waals surface area (Å²) in [6.07, 6.45) is 3.81. The topological polar surface area (TPSA) is 32.3 Å². The second kappa shape index (κ2) is 8.18. The highest BCUT2D eigenvalue weighted by Gasteiger charge is 2.05. The minimum Gasteiger partial charge on any atom is -0.506 e. The van der Waals surface area contributed by atoms with Gasteiger partial charge >= 0.3 is 0 Å². The van der Waals surface area contributed by atoms with E-state index in [9.17, 15) is 5.11 Å². The number of phenolic OH excluding ortho intramolecular Hbond substituents is 1. The van der Waals surface area contributed by atoms with E-state index in [0.29, 0.717) is 0 Å². The second-order valence-corrected chi connectivity index (χ2v) is 6.68. The summed E-state index contributed by atoms with van der Waals surface area (Å²) in [5.74, 6) is 1.06. The number of halogens is 2. The van der Waals surface area contributed by atoms with E-state index in [4.69, 9.17) is 0 Å². The molecule has 0 saturated heterocycles. The maximum atomic E-state index is 9.61. The van der Waals surface area contributed by atoms with E-state index in [1.807, 2.05) is 12.1 Å². The zero-order valence-electron chi connectivity index (χ0n) is 11.0. The zero-order chi connectivity index (χ0) is 13.5. The van der Waals surface area contributed by atoms with E-state index in [-0.39, 0.29) is 5.75 Å². The van der Waals surface area contributed by atoms with Crippen molar-refractivity contribution >= 4 is 31.9 Å². The van der Waals surface area contributed by atoms with Crippen molar-refractivity contribution in [1.82, 2.24) is 5.32 Å². The molecule has 0 bridgehead atoms. The summed E-state index contributed by atoms with van der Waals surface area (Å²) >= 11 is 6.68. The van der Waals surface area contributed by atoms with E-state index in [0.717, 1.165) is 33.5 Å². The Bertz CT molecular complexity index is 357. The van der Waals surface area contributed by atoms with Crippen LogP contribution >= 0.6 is 31.9 Å². The normalized spacial score (nSPS) is 11.2. The lowest BCUT2D eigenvalue weighted by atomic mass is 10.1. The molecule has 18 heavy (non-hydrogen) atoms. The number of rotatable bonds is 7. The second-order valence-electron chi connectivity index (χ2n) is 4.97. The van der Waals surface area contributed by atoms with Crippen LogP contribution in [0.2, 0.25) is 0 Å². The van der Waals surface area contributed by atoms with Gasteiger partial charge < -0.3 is 10.4 Å². The SMILES string of the molecule is CC(C)CCCCNCc1cc(Br)c(O)c(Br)c1. The van der Waals surface area contributed by atoms with Gasteiger partial charge in [0.05, 0.1) is 8.95 Å². The summed E-state index contributed by atoms with van der Waals surface area (Å²) in [6, 6.07) is 3.89. The standard InChI is InChI=1S/C14H21Br2NO/c1-10(2)5-3-4-6-17-9-11-7-12(15)14(18)13(16)8-11/h7-8,10,17-18H,3-6,9H2,1-2H3. The summed E-state index contributed by atoms with van der Waals surface area (Å²) in [5.41, 5.74) is 1.16. The maximum absolute atomic E-state index is 9.61. The van der Waals surface area contributed by atoms with E-state index < -0.39 is 0 Å². The fourth-order valence-corrected chi connectivity index (χ4v) is 3.04. The molecule has 102 valence electrons. The van der Waals surface area contributed by atoms with E-state index >= 15 is 0 Å². The fourth-order valence-electron chi connectivity index (χ4n) is 1.76. The summed E-state index contributed by atoms with van der Waals surface area (Å²) in [5, 5.41) is 13.0. The van der Waals surface area contributed by atoms with Gasteiger partial charge in [0.15, 0.2) is 0 Å². The monoisotopic (exact) mass is 377 g/mol. The van der Waals surface area contributed by atoms with E-state index in [2.05, 4.69) is 51.0 Å². The van der Waals surface area contributed by atoms with Crippen LogP contribution in [0.4, 0.5) is 0 Å². The van der Waals surface area contributed by atoms with E-state index in [1.54, 1.807) is 0 Å². The molecule has 0 atom stereocenters. The Kier molecular flexibility index (Phi) is 7.27. The van der Waals surface area contributed by atoms with Gasteiger partial charge in [0.1, 0.15) is 5.75 Å². The fraction of sp³-hybridized carbons (Fsp3) is 0.571. The molecule has 2 nitrogen and oxygen atoms in total. The van der Waals surface area contributed by atoms with Crippen molar-refractivity contribution in [2.45, 2.75) is 39.7 Å². The van der Waals surface area contributed by atoms with Crippen LogP contribution in [0.25, 0.3) is 0 Å². The lowest BCUT2D eigenvalue weighted by Crippen LogP contribution is -2.14. The summed E-state index contributed by atoms with van der Waals surface area (Å²) in [7, 11) is 0. The Morgan fingerprint density at radius 2 is 1.78 bits per heavy atom. The number of hydrogen-bond acceptors (Lipinski definition) is 2. The number of nitrogens with one attached hydrogen (secondary N) is 1. The van der Waals surface area contributed by atoms with Crippen molar-refractivity contribution in [3.63, 3.8) is 0 Å². The first-order valence-electron chi connectivity index (χ1n) is 6.38. The van der Waals surface area contributed by atoms with Crippen molar-refractivity contribution in [2.24, 2.45) is 5.92 Å². The average Bonchev–Trinajstić information content (AvgIpc) is 2.30. The highest BCUT2D eigenvalue weighted by molar-refractivity contribution is 9.11. The van der Waals surface area contributed by atoms with Crippen LogP contribution in [0.5, 0.6) is 5.75 Å². The van der Waals surface area contributed by atoms with Crippen LogP contribution in [0.1, 0.15) is 38.7 Å². The predicted octanol–water partition coefficient (Wildman–Crippen LogP) is 4.83. The molecule has 0 radical (unpaired) electrons. The van der Waals surface area contributed by atoms with Crippen molar-refractivity contribution in [3.05, 3.63) is 26.6 Å². The van der Waals surface area contributed by atoms with Gasteiger partial charge in [-0.1, -0.05) is 26.7 Å². The Hall–Kier alpha value is -0.0600. The number of phenols is 1. The van der Waals surface area contributed by atoms with Gasteiger partial charge in [0.25, 0.3) is 0 Å². The quantitative estimate of drug-likeness (QED) is 0.665. The minimum absolute atomic E-state index is 0.260. The number of hydrogen-bond donors (Lipinski definition) is 2. The highest BCUT2D eigenvalue weighted by atomic mass is 79.9. The molecule has 1 rings (SSSR count). The number of benzene rings is 1. The molecule has 0 fully saturated rings. The zero-order valence-corrected chi connectivity index (χ0v) is 14.1. The van der Waals surface area contributed by atoms with Crippen LogP contribution in [-0.4, -0.2) is 11.7 Å². The van der Waals surface area contributed by atoms with Gasteiger partial charge in [-0.2, -0.15) is 0 Å². The lowest BCUT2D eigenvalue weighted by Gasteiger charge is -2.08. The molecule has 0 aromatic heterocycles. The minimum atomic E-state index is 0.260. The lowest BCUT2D eigenvalue weighted by molar-refractivity contribution is 0.468. The molecule has 0 aliphatic carbocycles. The van der Waals surface area contributed by atoms with Crippen LogP contribution in [-0.2, 0) is 6.54 Å². The first kappa shape index (κ1) is 16.0. The molecular weight excluding hydrogens is 358 g/mol. The van der Waals surface area contributed by atoms with Gasteiger partial charge in [0.2, 0.25) is 0 Å². The highest BCUT2D eigenvalue weighted by Crippen LogP contribution is 2.33. The van der Waals surface area contributed by atoms with Crippen molar-refractivity contribution in [2.75, 3.05) is 6.54 Å². The molecule has 1 aromatic carbocycles. The Morgan fingerprint density at radius 1 is 1.17 bits per heavy atom. The summed E-state index contributed by atoms with van der Waals surface area (Å²) < 4.78 is 1.46. The van der Waals surface area contributed by atoms with Crippen LogP contribution in [0.15, 0.2) is 21.1 Å². The Morgan fingerprint density at radius 3 is 2.33 bits per heavy atom. The molecule has 0 spiro atoms. The smallest absolute Gasteiger partial charge is 0.143 e. The molecule has 0 aliphatic heterocycles.